The largest absolute Gasteiger partial charge is 0.449 e. The average Bonchev–Trinajstić information content (AvgIpc) is 2.91. The highest BCUT2D eigenvalue weighted by molar-refractivity contribution is 5.93. The number of carbonyl (C=O) groups excluding carboxylic acids is 1. The van der Waals surface area contributed by atoms with E-state index in [9.17, 15) is 4.79 Å². The highest BCUT2D eigenvalue weighted by Crippen LogP contribution is 2.37. The molecule has 3 rings (SSSR count). The third-order valence-corrected chi connectivity index (χ3v) is 4.44. The molecule has 1 fully saturated rings. The SMILES string of the molecule is C=CCC1=C(C=C=C2CCCCC2)C(c2ccccc2)OC1=O. The number of cyclic esters (lactones) is 1. The fourth-order valence-corrected chi connectivity index (χ4v) is 3.20. The van der Waals surface area contributed by atoms with Gasteiger partial charge in [0, 0.05) is 11.1 Å². The Labute approximate surface area is 137 Å². The van der Waals surface area contributed by atoms with Crippen LogP contribution in [0.25, 0.3) is 0 Å². The van der Waals surface area contributed by atoms with Gasteiger partial charge in [0.1, 0.15) is 0 Å². The Balaban J connectivity index is 1.99. The van der Waals surface area contributed by atoms with Crippen LogP contribution in [0.3, 0.4) is 0 Å². The van der Waals surface area contributed by atoms with Crippen molar-refractivity contribution in [3.8, 4) is 0 Å². The molecule has 2 aliphatic rings. The summed E-state index contributed by atoms with van der Waals surface area (Å²) in [5.41, 5.74) is 7.43. The first-order valence-electron chi connectivity index (χ1n) is 8.34. The number of allylic oxidation sites excluding steroid dienone is 1. The van der Waals surface area contributed by atoms with Crippen molar-refractivity contribution in [3.63, 3.8) is 0 Å². The Hall–Kier alpha value is -2.31. The van der Waals surface area contributed by atoms with Gasteiger partial charge in [0.2, 0.25) is 0 Å². The van der Waals surface area contributed by atoms with Gasteiger partial charge in [-0.25, -0.2) is 4.79 Å². The molecule has 1 aliphatic carbocycles. The van der Waals surface area contributed by atoms with Crippen molar-refractivity contribution in [1.82, 2.24) is 0 Å². The number of esters is 1. The van der Waals surface area contributed by atoms with Crippen LogP contribution in [0.1, 0.15) is 50.2 Å². The molecule has 1 heterocycles. The number of ether oxygens (including phenoxy) is 1. The van der Waals surface area contributed by atoms with E-state index < -0.39 is 0 Å². The van der Waals surface area contributed by atoms with Gasteiger partial charge in [0.15, 0.2) is 6.10 Å². The summed E-state index contributed by atoms with van der Waals surface area (Å²) >= 11 is 0. The highest BCUT2D eigenvalue weighted by Gasteiger charge is 2.32. The lowest BCUT2D eigenvalue weighted by molar-refractivity contribution is -0.140. The molecule has 0 radical (unpaired) electrons. The number of hydrogen-bond donors (Lipinski definition) is 0. The van der Waals surface area contributed by atoms with Gasteiger partial charge in [-0.05, 0) is 49.3 Å². The van der Waals surface area contributed by atoms with E-state index in [1.165, 1.54) is 24.8 Å². The summed E-state index contributed by atoms with van der Waals surface area (Å²) in [7, 11) is 0. The van der Waals surface area contributed by atoms with Crippen LogP contribution in [0.5, 0.6) is 0 Å². The van der Waals surface area contributed by atoms with Crippen LogP contribution in [0, 0.1) is 0 Å². The molecule has 2 nitrogen and oxygen atoms in total. The minimum atomic E-state index is -0.324. The normalized spacial score (nSPS) is 21.0. The van der Waals surface area contributed by atoms with Crippen molar-refractivity contribution in [2.45, 2.75) is 44.6 Å². The Bertz CT molecular complexity index is 680. The fraction of sp³-hybridized carbons (Fsp3) is 0.333. The van der Waals surface area contributed by atoms with Gasteiger partial charge < -0.3 is 4.74 Å². The van der Waals surface area contributed by atoms with Crippen LogP contribution in [-0.2, 0) is 9.53 Å². The van der Waals surface area contributed by atoms with Crippen molar-refractivity contribution >= 4 is 5.97 Å². The number of hydrogen-bond acceptors (Lipinski definition) is 2. The van der Waals surface area contributed by atoms with Crippen LogP contribution in [0.4, 0.5) is 0 Å². The molecule has 1 atom stereocenters. The van der Waals surface area contributed by atoms with Crippen LogP contribution in [0.2, 0.25) is 0 Å². The van der Waals surface area contributed by atoms with E-state index in [1.807, 2.05) is 36.4 Å². The zero-order valence-electron chi connectivity index (χ0n) is 13.4. The molecule has 1 aliphatic heterocycles. The zero-order valence-corrected chi connectivity index (χ0v) is 13.4. The smallest absolute Gasteiger partial charge is 0.335 e. The van der Waals surface area contributed by atoms with Gasteiger partial charge >= 0.3 is 5.97 Å². The number of carbonyl (C=O) groups is 1. The van der Waals surface area contributed by atoms with E-state index >= 15 is 0 Å². The summed E-state index contributed by atoms with van der Waals surface area (Å²) in [5.74, 6) is -0.236. The average molecular weight is 306 g/mol. The van der Waals surface area contributed by atoms with E-state index in [0.29, 0.717) is 12.0 Å². The second-order valence-corrected chi connectivity index (χ2v) is 6.08. The Morgan fingerprint density at radius 3 is 2.61 bits per heavy atom. The number of benzene rings is 1. The van der Waals surface area contributed by atoms with Crippen LogP contribution in [-0.4, -0.2) is 5.97 Å². The van der Waals surface area contributed by atoms with Gasteiger partial charge in [-0.3, -0.25) is 0 Å². The van der Waals surface area contributed by atoms with Gasteiger partial charge in [-0.1, -0.05) is 42.8 Å². The lowest BCUT2D eigenvalue weighted by Crippen LogP contribution is -2.02. The van der Waals surface area contributed by atoms with E-state index in [2.05, 4.69) is 12.3 Å². The third-order valence-electron chi connectivity index (χ3n) is 4.44. The predicted octanol–water partition coefficient (Wildman–Crippen LogP) is 5.20. The molecule has 1 unspecified atom stereocenters. The molecule has 1 aromatic rings. The zero-order chi connectivity index (χ0) is 16.1. The van der Waals surface area contributed by atoms with Crippen molar-refractivity contribution in [2.24, 2.45) is 0 Å². The molecular formula is C21H22O2. The summed E-state index contributed by atoms with van der Waals surface area (Å²) in [6.07, 6.45) is 9.97. The van der Waals surface area contributed by atoms with E-state index in [0.717, 1.165) is 24.0 Å². The Kier molecular flexibility index (Phi) is 4.95. The van der Waals surface area contributed by atoms with Gasteiger partial charge in [0.25, 0.3) is 0 Å². The lowest BCUT2D eigenvalue weighted by atomic mass is 9.94. The summed E-state index contributed by atoms with van der Waals surface area (Å²) in [6.45, 7) is 3.76. The summed E-state index contributed by atoms with van der Waals surface area (Å²) in [6, 6.07) is 9.89. The first-order valence-corrected chi connectivity index (χ1v) is 8.34. The molecule has 1 aromatic carbocycles. The van der Waals surface area contributed by atoms with Crippen molar-refractivity contribution in [1.29, 1.82) is 0 Å². The maximum atomic E-state index is 12.2. The summed E-state index contributed by atoms with van der Waals surface area (Å²) in [5, 5.41) is 0. The predicted molar refractivity (Wildman–Crippen MR) is 91.8 cm³/mol. The summed E-state index contributed by atoms with van der Waals surface area (Å²) in [4.78, 5) is 12.2. The van der Waals surface area contributed by atoms with E-state index in [4.69, 9.17) is 4.74 Å². The van der Waals surface area contributed by atoms with Crippen LogP contribution in [0.15, 0.2) is 71.5 Å². The topological polar surface area (TPSA) is 26.3 Å². The highest BCUT2D eigenvalue weighted by atomic mass is 16.5. The molecule has 0 bridgehead atoms. The fourth-order valence-electron chi connectivity index (χ4n) is 3.20. The molecule has 118 valence electrons. The van der Waals surface area contributed by atoms with E-state index in [1.54, 1.807) is 6.08 Å². The third kappa shape index (κ3) is 3.55. The van der Waals surface area contributed by atoms with Gasteiger partial charge in [-0.15, -0.1) is 12.3 Å². The maximum absolute atomic E-state index is 12.2. The van der Waals surface area contributed by atoms with Gasteiger partial charge in [0.05, 0.1) is 0 Å². The molecule has 0 N–H and O–H groups in total. The first-order chi connectivity index (χ1) is 11.3. The van der Waals surface area contributed by atoms with Gasteiger partial charge in [-0.2, -0.15) is 0 Å². The molecular weight excluding hydrogens is 284 g/mol. The molecule has 0 amide bonds. The minimum absolute atomic E-state index is 0.236. The van der Waals surface area contributed by atoms with Crippen molar-refractivity contribution in [3.05, 3.63) is 77.1 Å². The maximum Gasteiger partial charge on any atom is 0.335 e. The van der Waals surface area contributed by atoms with Crippen LogP contribution < -0.4 is 0 Å². The standard InChI is InChI=1S/C21H22O2/c1-2-9-19-18(15-14-16-10-5-3-6-11-16)20(23-21(19)22)17-12-7-4-8-13-17/h2,4,7-8,12-13,15,20H,1,3,5-6,9-11H2. The molecule has 23 heavy (non-hydrogen) atoms. The van der Waals surface area contributed by atoms with Crippen molar-refractivity contribution < 1.29 is 9.53 Å². The summed E-state index contributed by atoms with van der Waals surface area (Å²) < 4.78 is 5.62. The Morgan fingerprint density at radius 1 is 1.17 bits per heavy atom. The molecule has 0 spiro atoms. The second kappa shape index (κ2) is 7.30. The molecule has 1 saturated carbocycles. The quantitative estimate of drug-likeness (QED) is 0.434. The number of rotatable bonds is 4. The lowest BCUT2D eigenvalue weighted by Gasteiger charge is -2.13. The minimum Gasteiger partial charge on any atom is -0.449 e. The van der Waals surface area contributed by atoms with Crippen molar-refractivity contribution in [2.75, 3.05) is 0 Å². The van der Waals surface area contributed by atoms with E-state index in [-0.39, 0.29) is 12.1 Å². The first kappa shape index (κ1) is 15.6. The Morgan fingerprint density at radius 2 is 1.91 bits per heavy atom. The molecule has 0 aromatic heterocycles. The molecule has 2 heteroatoms. The second-order valence-electron chi connectivity index (χ2n) is 6.08. The monoisotopic (exact) mass is 306 g/mol. The molecule has 0 saturated heterocycles. The van der Waals surface area contributed by atoms with Crippen LogP contribution >= 0.6 is 0 Å².